The number of fused-ring (bicyclic) bond motifs is 4. The summed E-state index contributed by atoms with van der Waals surface area (Å²) in [4.78, 5) is 41.9. The number of carbonyl (C=O) groups excluding carboxylic acids is 1. The lowest BCUT2D eigenvalue weighted by atomic mass is 9.50. The number of methoxy groups -OCH3 is 1. The second-order valence-electron chi connectivity index (χ2n) is 9.56. The fourth-order valence-electron chi connectivity index (χ4n) is 7.41. The largest absolute Gasteiger partial charge is 0.481 e. The molecule has 0 amide bonds. The second-order valence-corrected chi connectivity index (χ2v) is 9.56. The van der Waals surface area contributed by atoms with E-state index < -0.39 is 34.8 Å². The Balaban J connectivity index is 1.81. The first-order chi connectivity index (χ1) is 15.3. The highest BCUT2D eigenvalue weighted by molar-refractivity contribution is 5.85. The van der Waals surface area contributed by atoms with Crippen LogP contribution in [0.3, 0.4) is 0 Å². The first-order valence-electron chi connectivity index (χ1n) is 11.1. The van der Waals surface area contributed by atoms with Crippen LogP contribution in [0.4, 0.5) is 5.69 Å². The molecule has 2 spiro atoms. The zero-order valence-electron chi connectivity index (χ0n) is 18.1. The van der Waals surface area contributed by atoms with E-state index >= 15 is 0 Å². The first-order valence-corrected chi connectivity index (χ1v) is 11.1. The minimum absolute atomic E-state index is 0.165. The maximum absolute atomic E-state index is 13.4. The van der Waals surface area contributed by atoms with E-state index in [2.05, 4.69) is 17.1 Å². The Bertz CT molecular complexity index is 1020. The molecule has 1 aliphatic carbocycles. The van der Waals surface area contributed by atoms with Gasteiger partial charge in [0.05, 0.1) is 25.0 Å². The Hall–Kier alpha value is -2.87. The molecule has 4 aliphatic heterocycles. The van der Waals surface area contributed by atoms with Crippen LogP contribution in [0.15, 0.2) is 36.4 Å². The summed E-state index contributed by atoms with van der Waals surface area (Å²) in [7, 11) is 1.36. The number of ether oxygens (including phenoxy) is 1. The van der Waals surface area contributed by atoms with Crippen LogP contribution in [0.25, 0.3) is 0 Å². The van der Waals surface area contributed by atoms with E-state index in [1.54, 1.807) is 0 Å². The van der Waals surface area contributed by atoms with Crippen molar-refractivity contribution in [1.29, 1.82) is 0 Å². The molecule has 8 nitrogen and oxygen atoms in total. The first kappa shape index (κ1) is 21.0. The average Bonchev–Trinajstić information content (AvgIpc) is 3.22. The molecular formula is C24H28N2O6. The van der Waals surface area contributed by atoms with Gasteiger partial charge in [0.15, 0.2) is 0 Å². The highest BCUT2D eigenvalue weighted by atomic mass is 16.5. The van der Waals surface area contributed by atoms with Gasteiger partial charge < -0.3 is 19.8 Å². The van der Waals surface area contributed by atoms with E-state index in [4.69, 9.17) is 4.74 Å². The van der Waals surface area contributed by atoms with Crippen molar-refractivity contribution in [2.24, 2.45) is 5.92 Å². The van der Waals surface area contributed by atoms with E-state index in [0.717, 1.165) is 24.2 Å². The molecule has 4 atom stereocenters. The van der Waals surface area contributed by atoms with Crippen molar-refractivity contribution < 1.29 is 29.3 Å². The molecule has 0 aromatic heterocycles. The summed E-state index contributed by atoms with van der Waals surface area (Å²) >= 11 is 0. The molecule has 170 valence electrons. The summed E-state index contributed by atoms with van der Waals surface area (Å²) in [5.74, 6) is -3.01. The lowest BCUT2D eigenvalue weighted by Crippen LogP contribution is -2.72. The lowest BCUT2D eigenvalue weighted by Gasteiger charge is -2.62. The third-order valence-corrected chi connectivity index (χ3v) is 8.52. The number of carboxylic acids is 2. The predicted octanol–water partition coefficient (Wildman–Crippen LogP) is 2.03. The monoisotopic (exact) mass is 440 g/mol. The summed E-state index contributed by atoms with van der Waals surface area (Å²) in [5, 5.41) is 19.9. The van der Waals surface area contributed by atoms with E-state index in [9.17, 15) is 24.6 Å². The fourth-order valence-corrected chi connectivity index (χ4v) is 7.41. The van der Waals surface area contributed by atoms with Gasteiger partial charge in [0, 0.05) is 29.7 Å². The molecule has 1 aromatic rings. The number of hydrogen-bond acceptors (Lipinski definition) is 6. The minimum Gasteiger partial charge on any atom is -0.481 e. The Labute approximate surface area is 186 Å². The van der Waals surface area contributed by atoms with Crippen molar-refractivity contribution in [2.45, 2.75) is 48.6 Å². The Morgan fingerprint density at radius 1 is 1.12 bits per heavy atom. The molecule has 8 heteroatoms. The van der Waals surface area contributed by atoms with Crippen molar-refractivity contribution in [2.75, 3.05) is 31.6 Å². The molecule has 1 aromatic carbocycles. The number of aliphatic carboxylic acids is 2. The Kier molecular flexibility index (Phi) is 4.64. The SMILES string of the molecule is COC(=O)C1CC23C=CCN2CCC2(CC(=O)O)c4ccccc4N(CC(=O)O)C12CC3. The molecule has 32 heavy (non-hydrogen) atoms. The van der Waals surface area contributed by atoms with Crippen LogP contribution >= 0.6 is 0 Å². The zero-order valence-corrected chi connectivity index (χ0v) is 18.1. The molecule has 3 fully saturated rings. The van der Waals surface area contributed by atoms with Gasteiger partial charge in [0.25, 0.3) is 0 Å². The highest BCUT2D eigenvalue weighted by Gasteiger charge is 2.71. The Morgan fingerprint density at radius 2 is 1.91 bits per heavy atom. The average molecular weight is 440 g/mol. The number of anilines is 1. The van der Waals surface area contributed by atoms with Crippen molar-refractivity contribution in [3.8, 4) is 0 Å². The zero-order chi connectivity index (χ0) is 22.7. The van der Waals surface area contributed by atoms with Gasteiger partial charge in [-0.2, -0.15) is 0 Å². The van der Waals surface area contributed by atoms with E-state index in [0.29, 0.717) is 25.8 Å². The van der Waals surface area contributed by atoms with Crippen LogP contribution in [-0.4, -0.2) is 70.8 Å². The second kappa shape index (κ2) is 7.07. The van der Waals surface area contributed by atoms with Crippen molar-refractivity contribution in [1.82, 2.24) is 4.90 Å². The number of nitrogens with zero attached hydrogens (tertiary/aromatic N) is 2. The van der Waals surface area contributed by atoms with Gasteiger partial charge in [0.2, 0.25) is 0 Å². The third-order valence-electron chi connectivity index (χ3n) is 8.52. The van der Waals surface area contributed by atoms with Crippen LogP contribution in [0.2, 0.25) is 0 Å². The van der Waals surface area contributed by atoms with Gasteiger partial charge in [-0.15, -0.1) is 0 Å². The standard InChI is InChI=1S/C24H28N2O6/c1-32-21(31)17-13-22-7-4-11-25(22)12-10-23(14-19(27)28)16-5-2-3-6-18(16)26(15-20(29)30)24(17,23)9-8-22/h2-7,17H,8-15H2,1H3,(H,27,28)(H,29,30). The van der Waals surface area contributed by atoms with Crippen LogP contribution in [0, 0.1) is 5.92 Å². The summed E-state index contributed by atoms with van der Waals surface area (Å²) in [6.45, 7) is 1.16. The fraction of sp³-hybridized carbons (Fsp3) is 0.542. The number of carboxylic acid groups (broad SMARTS) is 2. The molecule has 2 N–H and O–H groups in total. The molecule has 4 unspecified atom stereocenters. The Morgan fingerprint density at radius 3 is 2.62 bits per heavy atom. The topological polar surface area (TPSA) is 107 Å². The molecule has 4 heterocycles. The quantitative estimate of drug-likeness (QED) is 0.529. The normalized spacial score (nSPS) is 34.9. The number of rotatable bonds is 5. The van der Waals surface area contributed by atoms with Gasteiger partial charge in [-0.25, -0.2) is 0 Å². The number of benzene rings is 1. The lowest BCUT2D eigenvalue weighted by molar-refractivity contribution is -0.158. The highest BCUT2D eigenvalue weighted by Crippen LogP contribution is 2.65. The van der Waals surface area contributed by atoms with Gasteiger partial charge in [-0.3, -0.25) is 19.3 Å². The number of hydrogen-bond donors (Lipinski definition) is 2. The maximum Gasteiger partial charge on any atom is 0.323 e. The van der Waals surface area contributed by atoms with E-state index in [1.165, 1.54) is 7.11 Å². The number of carbonyl (C=O) groups is 3. The molecule has 2 saturated heterocycles. The van der Waals surface area contributed by atoms with Gasteiger partial charge in [0.1, 0.15) is 6.54 Å². The van der Waals surface area contributed by atoms with Gasteiger partial charge >= 0.3 is 17.9 Å². The number of esters is 1. The molecule has 2 bridgehead atoms. The van der Waals surface area contributed by atoms with Gasteiger partial charge in [-0.05, 0) is 37.3 Å². The van der Waals surface area contributed by atoms with Gasteiger partial charge in [-0.1, -0.05) is 30.4 Å². The molecule has 6 rings (SSSR count). The maximum atomic E-state index is 13.4. The summed E-state index contributed by atoms with van der Waals surface area (Å²) in [6.07, 6.45) is 6.42. The van der Waals surface area contributed by atoms with Crippen molar-refractivity contribution in [3.05, 3.63) is 42.0 Å². The van der Waals surface area contributed by atoms with Crippen LogP contribution in [0.1, 0.15) is 37.7 Å². The van der Waals surface area contributed by atoms with Crippen LogP contribution < -0.4 is 4.90 Å². The van der Waals surface area contributed by atoms with E-state index in [-0.39, 0.29) is 18.5 Å². The molecular weight excluding hydrogens is 412 g/mol. The van der Waals surface area contributed by atoms with Crippen molar-refractivity contribution >= 4 is 23.6 Å². The minimum atomic E-state index is -1.01. The van der Waals surface area contributed by atoms with Crippen LogP contribution in [-0.2, 0) is 24.5 Å². The van der Waals surface area contributed by atoms with Crippen molar-refractivity contribution in [3.63, 3.8) is 0 Å². The predicted molar refractivity (Wildman–Crippen MR) is 116 cm³/mol. The smallest absolute Gasteiger partial charge is 0.323 e. The van der Waals surface area contributed by atoms with Crippen LogP contribution in [0.5, 0.6) is 0 Å². The van der Waals surface area contributed by atoms with E-state index in [1.807, 2.05) is 29.2 Å². The molecule has 1 saturated carbocycles. The summed E-state index contributed by atoms with van der Waals surface area (Å²) < 4.78 is 5.29. The third kappa shape index (κ3) is 2.56. The number of para-hydroxylation sites is 1. The summed E-state index contributed by atoms with van der Waals surface area (Å²) in [5.41, 5.74) is -0.603. The molecule has 5 aliphatic rings. The summed E-state index contributed by atoms with van der Waals surface area (Å²) in [6, 6.07) is 7.50. The molecule has 0 radical (unpaired) electrons.